The summed E-state index contributed by atoms with van der Waals surface area (Å²) in [7, 11) is -4.13. The van der Waals surface area contributed by atoms with Gasteiger partial charge in [-0.3, -0.25) is 9.48 Å². The second-order valence-corrected chi connectivity index (χ2v) is 10.6. The highest BCUT2D eigenvalue weighted by Crippen LogP contribution is 2.65. The van der Waals surface area contributed by atoms with Crippen molar-refractivity contribution in [3.63, 3.8) is 0 Å². The normalized spacial score (nSPS) is 24.3. The molecule has 3 N–H and O–H groups in total. The molecule has 0 spiro atoms. The van der Waals surface area contributed by atoms with E-state index in [-0.39, 0.29) is 48.7 Å². The van der Waals surface area contributed by atoms with Crippen molar-refractivity contribution in [3.05, 3.63) is 35.3 Å². The van der Waals surface area contributed by atoms with E-state index in [9.17, 15) is 30.8 Å². The maximum Gasteiger partial charge on any atom is 0.289 e. The number of pyridine rings is 1. The van der Waals surface area contributed by atoms with E-state index >= 15 is 0 Å². The summed E-state index contributed by atoms with van der Waals surface area (Å²) in [6, 6.07) is 2.36. The summed E-state index contributed by atoms with van der Waals surface area (Å²) in [5.74, 6) is -7.13. The molecule has 0 aromatic carbocycles. The molecule has 4 rings (SSSR count). The number of carbonyl (C=O) groups excluding carboxylic acids is 1. The van der Waals surface area contributed by atoms with E-state index in [0.717, 1.165) is 12.3 Å². The van der Waals surface area contributed by atoms with Crippen LogP contribution in [-0.4, -0.2) is 35.0 Å². The van der Waals surface area contributed by atoms with Crippen molar-refractivity contribution in [1.82, 2.24) is 14.8 Å². The van der Waals surface area contributed by atoms with Gasteiger partial charge in [0.25, 0.3) is 21.9 Å². The van der Waals surface area contributed by atoms with Crippen molar-refractivity contribution in [1.29, 1.82) is 0 Å². The highest BCUT2D eigenvalue weighted by atomic mass is 32.2. The number of carbonyl (C=O) groups is 1. The Labute approximate surface area is 187 Å². The third-order valence-electron chi connectivity index (χ3n) is 6.46. The Morgan fingerprint density at radius 1 is 1.33 bits per heavy atom. The summed E-state index contributed by atoms with van der Waals surface area (Å²) in [5.41, 5.74) is -1.24. The zero-order valence-electron chi connectivity index (χ0n) is 17.9. The van der Waals surface area contributed by atoms with Gasteiger partial charge in [-0.05, 0) is 37.2 Å². The number of fused-ring (bicyclic) bond motifs is 1. The van der Waals surface area contributed by atoms with Gasteiger partial charge in [0, 0.05) is 49.8 Å². The van der Waals surface area contributed by atoms with Crippen LogP contribution in [0.3, 0.4) is 0 Å². The van der Waals surface area contributed by atoms with Crippen molar-refractivity contribution < 1.29 is 30.8 Å². The molecule has 2 fully saturated rings. The molecular formula is C20H23F4N5O3S. The van der Waals surface area contributed by atoms with Gasteiger partial charge >= 0.3 is 0 Å². The topological polar surface area (TPSA) is 120 Å². The maximum atomic E-state index is 14.2. The van der Waals surface area contributed by atoms with E-state index in [1.54, 1.807) is 0 Å². The molecule has 8 nitrogen and oxygen atoms in total. The van der Waals surface area contributed by atoms with Crippen molar-refractivity contribution in [2.45, 2.75) is 62.9 Å². The molecule has 0 radical (unpaired) electrons. The number of anilines is 1. The first-order valence-corrected chi connectivity index (χ1v) is 11.8. The number of nitrogens with two attached hydrogens (primary N) is 1. The standard InChI is InChI=1S/C20H23F4N5O3S/c1-11-15(17(30)27-13-3-6-26-14(7-13)33(25,31)32)29(28-16(11)18(2,21)22)10-19-4-5-20(23,24)9-12(19)8-19/h3,6-7,12H,4-5,8-10H2,1-2H3,(H2,25,31,32)(H,26,27,30). The van der Waals surface area contributed by atoms with E-state index in [4.69, 9.17) is 5.14 Å². The summed E-state index contributed by atoms with van der Waals surface area (Å²) < 4.78 is 80.0. The monoisotopic (exact) mass is 489 g/mol. The lowest BCUT2D eigenvalue weighted by Crippen LogP contribution is -2.30. The van der Waals surface area contributed by atoms with Gasteiger partial charge in [0.05, 0.1) is 0 Å². The summed E-state index contributed by atoms with van der Waals surface area (Å²) >= 11 is 0. The van der Waals surface area contributed by atoms with Crippen LogP contribution < -0.4 is 10.5 Å². The van der Waals surface area contributed by atoms with Gasteiger partial charge in [0.1, 0.15) is 11.4 Å². The van der Waals surface area contributed by atoms with Crippen LogP contribution in [0, 0.1) is 18.3 Å². The molecule has 0 bridgehead atoms. The number of alkyl halides is 4. The van der Waals surface area contributed by atoms with E-state index in [1.807, 2.05) is 0 Å². The fourth-order valence-electron chi connectivity index (χ4n) is 4.70. The zero-order valence-corrected chi connectivity index (χ0v) is 18.7. The van der Waals surface area contributed by atoms with Gasteiger partial charge in [0.15, 0.2) is 5.03 Å². The second-order valence-electron chi connectivity index (χ2n) is 9.07. The number of sulfonamides is 1. The Kier molecular flexibility index (Phi) is 5.36. The lowest BCUT2D eigenvalue weighted by molar-refractivity contribution is -0.0502. The number of nitrogens with zero attached hydrogens (tertiary/aromatic N) is 3. The summed E-state index contributed by atoms with van der Waals surface area (Å²) in [5, 5.41) is 11.0. The Balaban J connectivity index is 1.66. The van der Waals surface area contributed by atoms with Crippen LogP contribution in [0.15, 0.2) is 23.4 Å². The van der Waals surface area contributed by atoms with Crippen molar-refractivity contribution in [3.8, 4) is 0 Å². The maximum absolute atomic E-state index is 14.2. The quantitative estimate of drug-likeness (QED) is 0.603. The molecule has 2 atom stereocenters. The summed E-state index contributed by atoms with van der Waals surface area (Å²) in [6.07, 6.45) is 1.29. The molecule has 2 unspecified atom stereocenters. The van der Waals surface area contributed by atoms with Crippen molar-refractivity contribution in [2.24, 2.45) is 16.5 Å². The van der Waals surface area contributed by atoms with Crippen LogP contribution in [0.5, 0.6) is 0 Å². The highest BCUT2D eigenvalue weighted by molar-refractivity contribution is 7.89. The molecule has 2 aromatic heterocycles. The van der Waals surface area contributed by atoms with Crippen LogP contribution in [0.1, 0.15) is 54.4 Å². The first-order chi connectivity index (χ1) is 15.1. The Morgan fingerprint density at radius 3 is 2.64 bits per heavy atom. The average molecular weight is 489 g/mol. The van der Waals surface area contributed by atoms with E-state index in [0.29, 0.717) is 13.3 Å². The average Bonchev–Trinajstić information content (AvgIpc) is 3.24. The largest absolute Gasteiger partial charge is 0.321 e. The first kappa shape index (κ1) is 23.6. The SMILES string of the molecule is Cc1c(C(C)(F)F)nn(CC23CCC(F)(F)CC2C3)c1C(=O)Nc1ccnc(S(N)(=O)=O)c1. The number of aromatic nitrogens is 3. The predicted octanol–water partition coefficient (Wildman–Crippen LogP) is 3.42. The van der Waals surface area contributed by atoms with Crippen LogP contribution in [-0.2, 0) is 22.5 Å². The van der Waals surface area contributed by atoms with Gasteiger partial charge in [-0.25, -0.2) is 27.3 Å². The molecule has 2 aliphatic carbocycles. The molecule has 13 heteroatoms. The third-order valence-corrected chi connectivity index (χ3v) is 7.27. The van der Waals surface area contributed by atoms with Crippen molar-refractivity contribution >= 4 is 21.6 Å². The number of primary sulfonamides is 1. The highest BCUT2D eigenvalue weighted by Gasteiger charge is 2.61. The number of halogens is 4. The zero-order chi connectivity index (χ0) is 24.4. The van der Waals surface area contributed by atoms with Gasteiger partial charge in [0.2, 0.25) is 5.92 Å². The van der Waals surface area contributed by atoms with E-state index in [2.05, 4.69) is 15.4 Å². The fourth-order valence-corrected chi connectivity index (χ4v) is 5.19. The van der Waals surface area contributed by atoms with E-state index in [1.165, 1.54) is 17.7 Å². The molecule has 0 saturated heterocycles. The number of amides is 1. The number of hydrogen-bond acceptors (Lipinski definition) is 5. The molecule has 2 aliphatic rings. The Hall–Kier alpha value is -2.54. The van der Waals surface area contributed by atoms with Gasteiger partial charge in [-0.1, -0.05) is 0 Å². The first-order valence-electron chi connectivity index (χ1n) is 10.3. The fraction of sp³-hybridized carbons (Fsp3) is 0.550. The Bertz CT molecular complexity index is 1220. The van der Waals surface area contributed by atoms with Gasteiger partial charge in [-0.2, -0.15) is 13.9 Å². The molecule has 2 heterocycles. The van der Waals surface area contributed by atoms with Crippen LogP contribution in [0.4, 0.5) is 23.2 Å². The lowest BCUT2D eigenvalue weighted by Gasteiger charge is -2.28. The minimum Gasteiger partial charge on any atom is -0.321 e. The molecule has 2 saturated carbocycles. The third kappa shape index (κ3) is 4.60. The molecule has 0 aliphatic heterocycles. The summed E-state index contributed by atoms with van der Waals surface area (Å²) in [4.78, 5) is 16.7. The predicted molar refractivity (Wildman–Crippen MR) is 109 cm³/mol. The summed E-state index contributed by atoms with van der Waals surface area (Å²) in [6.45, 7) is 2.06. The van der Waals surface area contributed by atoms with Crippen LogP contribution in [0.2, 0.25) is 0 Å². The van der Waals surface area contributed by atoms with E-state index < -0.39 is 43.9 Å². The molecule has 1 amide bonds. The Morgan fingerprint density at radius 2 is 2.03 bits per heavy atom. The smallest absolute Gasteiger partial charge is 0.289 e. The number of hydrogen-bond donors (Lipinski definition) is 2. The number of nitrogens with one attached hydrogen (secondary N) is 1. The van der Waals surface area contributed by atoms with Gasteiger partial charge in [-0.15, -0.1) is 0 Å². The lowest BCUT2D eigenvalue weighted by atomic mass is 9.86. The van der Waals surface area contributed by atoms with Crippen molar-refractivity contribution in [2.75, 3.05) is 5.32 Å². The number of rotatable bonds is 6. The van der Waals surface area contributed by atoms with Crippen LogP contribution in [0.25, 0.3) is 0 Å². The second kappa shape index (κ2) is 7.49. The molecule has 180 valence electrons. The molecule has 2 aromatic rings. The molecular weight excluding hydrogens is 466 g/mol. The molecule has 33 heavy (non-hydrogen) atoms. The minimum atomic E-state index is -4.13. The minimum absolute atomic E-state index is 0.0377. The van der Waals surface area contributed by atoms with Gasteiger partial charge < -0.3 is 5.32 Å². The van der Waals surface area contributed by atoms with Crippen LogP contribution >= 0.6 is 0 Å².